The highest BCUT2D eigenvalue weighted by Gasteiger charge is 2.52. The first kappa shape index (κ1) is 19.6. The summed E-state index contributed by atoms with van der Waals surface area (Å²) in [5.74, 6) is -0.481. The lowest BCUT2D eigenvalue weighted by Gasteiger charge is -2.32. The number of hydrogen-bond acceptors (Lipinski definition) is 5. The van der Waals surface area contributed by atoms with Crippen molar-refractivity contribution in [3.05, 3.63) is 29.2 Å². The molecule has 3 N–H and O–H groups in total. The zero-order valence-corrected chi connectivity index (χ0v) is 14.5. The first-order valence-corrected chi connectivity index (χ1v) is 7.67. The number of nitrogen functional groups attached to an aromatic ring is 1. The Balaban J connectivity index is 2.25. The van der Waals surface area contributed by atoms with Gasteiger partial charge in [-0.25, -0.2) is 0 Å². The van der Waals surface area contributed by atoms with Crippen LogP contribution in [0.5, 0.6) is 5.75 Å². The van der Waals surface area contributed by atoms with Crippen LogP contribution in [-0.4, -0.2) is 36.4 Å². The molecule has 2 rings (SSSR count). The molecule has 1 saturated heterocycles. The highest BCUT2D eigenvalue weighted by molar-refractivity contribution is 6.55. The van der Waals surface area contributed by atoms with Crippen molar-refractivity contribution in [3.63, 3.8) is 0 Å². The molecule has 0 aromatic heterocycles. The van der Waals surface area contributed by atoms with E-state index in [1.165, 1.54) is 12.1 Å². The summed E-state index contributed by atoms with van der Waals surface area (Å²) in [5.41, 5.74) is 5.21. The molecule has 1 heterocycles. The number of aliphatic hydroxyl groups excluding tert-OH is 1. The summed E-state index contributed by atoms with van der Waals surface area (Å²) in [6.07, 6.45) is -3.25. The lowest BCUT2D eigenvalue weighted by Crippen LogP contribution is -2.41. The Bertz CT molecular complexity index is 658. The van der Waals surface area contributed by atoms with E-state index in [2.05, 4.69) is 4.74 Å². The molecule has 1 fully saturated rings. The molecule has 25 heavy (non-hydrogen) atoms. The Hall–Kier alpha value is -1.71. The monoisotopic (exact) mass is 359 g/mol. The van der Waals surface area contributed by atoms with Crippen LogP contribution in [0.4, 0.5) is 18.9 Å². The summed E-state index contributed by atoms with van der Waals surface area (Å²) in [6.45, 7) is 7.18. The number of benzene rings is 1. The van der Waals surface area contributed by atoms with Gasteiger partial charge < -0.3 is 24.9 Å². The molecule has 0 aliphatic carbocycles. The zero-order valence-electron chi connectivity index (χ0n) is 14.5. The predicted octanol–water partition coefficient (Wildman–Crippen LogP) is 3.17. The highest BCUT2D eigenvalue weighted by Crippen LogP contribution is 2.39. The van der Waals surface area contributed by atoms with E-state index in [4.69, 9.17) is 15.0 Å². The van der Waals surface area contributed by atoms with Gasteiger partial charge in [0.05, 0.1) is 23.5 Å². The van der Waals surface area contributed by atoms with Gasteiger partial charge in [-0.2, -0.15) is 0 Å². The van der Waals surface area contributed by atoms with E-state index in [0.29, 0.717) is 11.0 Å². The van der Waals surface area contributed by atoms with Gasteiger partial charge in [0.15, 0.2) is 5.75 Å². The topological polar surface area (TPSA) is 73.9 Å². The van der Waals surface area contributed by atoms with Crippen LogP contribution >= 0.6 is 0 Å². The number of hydrogen-bond donors (Lipinski definition) is 2. The maximum absolute atomic E-state index is 12.3. The highest BCUT2D eigenvalue weighted by atomic mass is 19.4. The number of alkyl halides is 3. The third kappa shape index (κ3) is 4.48. The molecule has 0 radical (unpaired) electrons. The zero-order chi connectivity index (χ0) is 19.0. The number of anilines is 1. The van der Waals surface area contributed by atoms with Crippen LogP contribution in [0.3, 0.4) is 0 Å². The molecular weight excluding hydrogens is 338 g/mol. The molecule has 5 nitrogen and oxygen atoms in total. The molecule has 0 atom stereocenters. The Morgan fingerprint density at radius 2 is 1.80 bits per heavy atom. The van der Waals surface area contributed by atoms with Crippen molar-refractivity contribution < 1.29 is 32.3 Å². The molecule has 1 aromatic rings. The summed E-state index contributed by atoms with van der Waals surface area (Å²) in [5, 5.41) is 9.63. The number of rotatable bonds is 4. The van der Waals surface area contributed by atoms with Gasteiger partial charge in [-0.15, -0.1) is 13.2 Å². The second kappa shape index (κ2) is 6.55. The average molecular weight is 359 g/mol. The average Bonchev–Trinajstić information content (AvgIpc) is 2.66. The van der Waals surface area contributed by atoms with Crippen LogP contribution in [0, 0.1) is 0 Å². The lowest BCUT2D eigenvalue weighted by molar-refractivity contribution is -0.274. The molecule has 0 saturated carbocycles. The van der Waals surface area contributed by atoms with Crippen LogP contribution in [0.1, 0.15) is 33.3 Å². The molecule has 138 valence electrons. The first-order valence-electron chi connectivity index (χ1n) is 7.67. The SMILES string of the molecule is CC1(C)OB(C(=Cc2ccc(OC(F)(F)F)c(N)c2)CO)OC1(C)C. The molecule has 0 unspecified atom stereocenters. The third-order valence-corrected chi connectivity index (χ3v) is 4.35. The maximum Gasteiger partial charge on any atom is 0.573 e. The Morgan fingerprint density at radius 3 is 2.24 bits per heavy atom. The molecule has 0 amide bonds. The van der Waals surface area contributed by atoms with Gasteiger partial charge >= 0.3 is 13.5 Å². The largest absolute Gasteiger partial charge is 0.573 e. The third-order valence-electron chi connectivity index (χ3n) is 4.35. The van der Waals surface area contributed by atoms with Gasteiger partial charge in [0, 0.05) is 0 Å². The molecule has 1 aromatic carbocycles. The van der Waals surface area contributed by atoms with Crippen LogP contribution in [0.25, 0.3) is 6.08 Å². The normalized spacial score (nSPS) is 20.0. The van der Waals surface area contributed by atoms with Crippen LogP contribution in [0.15, 0.2) is 23.7 Å². The molecule has 0 bridgehead atoms. The summed E-state index contributed by atoms with van der Waals surface area (Å²) in [6, 6.07) is 3.84. The summed E-state index contributed by atoms with van der Waals surface area (Å²) in [4.78, 5) is 0. The van der Waals surface area contributed by atoms with E-state index in [9.17, 15) is 18.3 Å². The van der Waals surface area contributed by atoms with Crippen molar-refractivity contribution in [2.75, 3.05) is 12.3 Å². The van der Waals surface area contributed by atoms with Gasteiger partial charge in [0.25, 0.3) is 0 Å². The first-order chi connectivity index (χ1) is 11.3. The fraction of sp³-hybridized carbons (Fsp3) is 0.500. The molecule has 9 heteroatoms. The van der Waals surface area contributed by atoms with Gasteiger partial charge in [0.2, 0.25) is 0 Å². The Kier molecular flexibility index (Phi) is 5.14. The summed E-state index contributed by atoms with van der Waals surface area (Å²) < 4.78 is 52.4. The molecule has 0 spiro atoms. The van der Waals surface area contributed by atoms with Gasteiger partial charge in [-0.3, -0.25) is 0 Å². The second-order valence-corrected chi connectivity index (χ2v) is 6.81. The van der Waals surface area contributed by atoms with Gasteiger partial charge in [-0.1, -0.05) is 12.1 Å². The second-order valence-electron chi connectivity index (χ2n) is 6.81. The fourth-order valence-corrected chi connectivity index (χ4v) is 2.27. The van der Waals surface area contributed by atoms with Crippen molar-refractivity contribution in [3.8, 4) is 5.75 Å². The summed E-state index contributed by atoms with van der Waals surface area (Å²) in [7, 11) is -0.762. The number of halogens is 3. The minimum absolute atomic E-state index is 0.169. The fourth-order valence-electron chi connectivity index (χ4n) is 2.27. The van der Waals surface area contributed by atoms with E-state index >= 15 is 0 Å². The minimum atomic E-state index is -4.82. The number of aliphatic hydroxyl groups is 1. The van der Waals surface area contributed by atoms with Gasteiger partial charge in [-0.05, 0) is 50.9 Å². The van der Waals surface area contributed by atoms with E-state index in [0.717, 1.165) is 6.07 Å². The Labute approximate surface area is 144 Å². The van der Waals surface area contributed by atoms with E-state index in [1.54, 1.807) is 6.08 Å². The number of nitrogens with two attached hydrogens (primary N) is 1. The maximum atomic E-state index is 12.3. The van der Waals surface area contributed by atoms with Crippen molar-refractivity contribution in [2.24, 2.45) is 0 Å². The standard InChI is InChI=1S/C16H21BF3NO4/c1-14(2)15(3,4)25-17(24-14)11(9-22)7-10-5-6-13(12(21)8-10)23-16(18,19)20/h5-8,22H,9,21H2,1-4H3. The van der Waals surface area contributed by atoms with Crippen LogP contribution < -0.4 is 10.5 Å². The molecule has 1 aliphatic rings. The minimum Gasteiger partial charge on any atom is -0.404 e. The van der Waals surface area contributed by atoms with Crippen LogP contribution in [0.2, 0.25) is 0 Å². The van der Waals surface area contributed by atoms with Crippen molar-refractivity contribution in [2.45, 2.75) is 45.3 Å². The lowest BCUT2D eigenvalue weighted by atomic mass is 9.77. The van der Waals surface area contributed by atoms with Crippen molar-refractivity contribution in [1.82, 2.24) is 0 Å². The smallest absolute Gasteiger partial charge is 0.404 e. The Morgan fingerprint density at radius 1 is 1.24 bits per heavy atom. The van der Waals surface area contributed by atoms with E-state index in [-0.39, 0.29) is 12.3 Å². The molecular formula is C16H21BF3NO4. The molecule has 1 aliphatic heterocycles. The van der Waals surface area contributed by atoms with E-state index < -0.39 is 30.4 Å². The number of ether oxygens (including phenoxy) is 1. The van der Waals surface area contributed by atoms with E-state index in [1.807, 2.05) is 27.7 Å². The van der Waals surface area contributed by atoms with Crippen molar-refractivity contribution in [1.29, 1.82) is 0 Å². The van der Waals surface area contributed by atoms with Gasteiger partial charge in [0.1, 0.15) is 0 Å². The predicted molar refractivity (Wildman–Crippen MR) is 88.7 cm³/mol. The quantitative estimate of drug-likeness (QED) is 0.638. The van der Waals surface area contributed by atoms with Crippen molar-refractivity contribution >= 4 is 18.9 Å². The summed E-state index contributed by atoms with van der Waals surface area (Å²) >= 11 is 0. The van der Waals surface area contributed by atoms with Crippen LogP contribution in [-0.2, 0) is 9.31 Å².